The molecule has 0 spiro atoms. The van der Waals surface area contributed by atoms with Crippen LogP contribution in [0.3, 0.4) is 0 Å². The van der Waals surface area contributed by atoms with Gasteiger partial charge in [-0.3, -0.25) is 4.40 Å². The van der Waals surface area contributed by atoms with Gasteiger partial charge in [0.05, 0.1) is 23.9 Å². The molecule has 7 heteroatoms. The van der Waals surface area contributed by atoms with Crippen LogP contribution in [0.25, 0.3) is 32.9 Å². The second kappa shape index (κ2) is 9.05. The molecule has 36 heavy (non-hydrogen) atoms. The van der Waals surface area contributed by atoms with E-state index in [9.17, 15) is 5.11 Å². The van der Waals surface area contributed by atoms with Gasteiger partial charge in [0.1, 0.15) is 5.65 Å². The molecule has 3 heterocycles. The highest BCUT2D eigenvalue weighted by atomic mass is 16.3. The standard InChI is InChI=1S/C29H30N6O/c1-30-23-8-6-19(7-9-23)27-26(21-5-4-20-17-25(36)18-22(20)16-21)28-31-12-15-35(28)29(32-27)34-13-10-24(11-14-34)33(2)3/h4-9,12,15-16,24-25,36H,10-11,13-14,17-18H2,2-3H3. The van der Waals surface area contributed by atoms with E-state index in [1.54, 1.807) is 0 Å². The van der Waals surface area contributed by atoms with Gasteiger partial charge >= 0.3 is 0 Å². The van der Waals surface area contributed by atoms with Gasteiger partial charge in [0.25, 0.3) is 0 Å². The molecule has 0 saturated carbocycles. The number of nitrogens with zero attached hydrogens (tertiary/aromatic N) is 6. The first-order chi connectivity index (χ1) is 17.5. The zero-order valence-corrected chi connectivity index (χ0v) is 20.7. The molecule has 7 nitrogen and oxygen atoms in total. The molecule has 2 aromatic heterocycles. The highest BCUT2D eigenvalue weighted by Gasteiger charge is 2.27. The topological polar surface area (TPSA) is 61.3 Å². The van der Waals surface area contributed by atoms with Crippen LogP contribution in [0.15, 0.2) is 54.9 Å². The summed E-state index contributed by atoms with van der Waals surface area (Å²) in [6.07, 6.45) is 7.10. The van der Waals surface area contributed by atoms with Crippen LogP contribution in [0.4, 0.5) is 11.6 Å². The second-order valence-electron chi connectivity index (χ2n) is 10.1. The van der Waals surface area contributed by atoms with Crippen molar-refractivity contribution in [1.82, 2.24) is 19.3 Å². The fourth-order valence-corrected chi connectivity index (χ4v) is 5.69. The molecule has 1 aliphatic heterocycles. The fraction of sp³-hybridized carbons (Fsp3) is 0.345. The number of aliphatic hydroxyl groups is 1. The molecule has 1 atom stereocenters. The van der Waals surface area contributed by atoms with Crippen molar-refractivity contribution in [2.45, 2.75) is 37.8 Å². The first kappa shape index (κ1) is 22.7. The van der Waals surface area contributed by atoms with E-state index in [4.69, 9.17) is 16.5 Å². The van der Waals surface area contributed by atoms with Crippen molar-refractivity contribution in [3.8, 4) is 22.4 Å². The zero-order valence-electron chi connectivity index (χ0n) is 20.7. The lowest BCUT2D eigenvalue weighted by molar-refractivity contribution is 0.187. The molecule has 1 fully saturated rings. The average molecular weight is 479 g/mol. The number of piperidine rings is 1. The van der Waals surface area contributed by atoms with Crippen LogP contribution in [0, 0.1) is 6.57 Å². The predicted molar refractivity (Wildman–Crippen MR) is 142 cm³/mol. The molecule has 1 saturated heterocycles. The number of anilines is 1. The van der Waals surface area contributed by atoms with Gasteiger partial charge in [0.2, 0.25) is 5.95 Å². The molecular weight excluding hydrogens is 448 g/mol. The quantitative estimate of drug-likeness (QED) is 0.434. The lowest BCUT2D eigenvalue weighted by atomic mass is 9.96. The molecular formula is C29H30N6O. The summed E-state index contributed by atoms with van der Waals surface area (Å²) in [6.45, 7) is 9.23. The Morgan fingerprint density at radius 3 is 2.44 bits per heavy atom. The van der Waals surface area contributed by atoms with Crippen molar-refractivity contribution in [3.63, 3.8) is 0 Å². The maximum atomic E-state index is 10.2. The molecule has 6 rings (SSSR count). The molecule has 0 radical (unpaired) electrons. The van der Waals surface area contributed by atoms with E-state index in [2.05, 4.69) is 51.3 Å². The third-order valence-electron chi connectivity index (χ3n) is 7.68. The minimum Gasteiger partial charge on any atom is -0.392 e. The van der Waals surface area contributed by atoms with Crippen molar-refractivity contribution >= 4 is 17.3 Å². The van der Waals surface area contributed by atoms with E-state index in [-0.39, 0.29) is 6.10 Å². The Morgan fingerprint density at radius 1 is 1.00 bits per heavy atom. The van der Waals surface area contributed by atoms with Crippen LogP contribution in [0.5, 0.6) is 0 Å². The SMILES string of the molecule is [C-]#[N+]c1ccc(-c2nc(N3CCC(N(C)C)CC3)n3ccnc3c2-c2ccc3c(c2)CC(O)C3)cc1. The van der Waals surface area contributed by atoms with Crippen LogP contribution in [0.1, 0.15) is 24.0 Å². The fourth-order valence-electron chi connectivity index (χ4n) is 5.69. The lowest BCUT2D eigenvalue weighted by Gasteiger charge is -2.36. The molecule has 0 bridgehead atoms. The molecule has 1 N–H and O–H groups in total. The van der Waals surface area contributed by atoms with Crippen molar-refractivity contribution in [3.05, 3.63) is 77.4 Å². The van der Waals surface area contributed by atoms with Crippen LogP contribution in [-0.2, 0) is 12.8 Å². The number of rotatable bonds is 4. The normalized spacial score (nSPS) is 18.1. The predicted octanol–water partition coefficient (Wildman–Crippen LogP) is 4.60. The minimum atomic E-state index is -0.312. The summed E-state index contributed by atoms with van der Waals surface area (Å²) in [4.78, 5) is 18.3. The van der Waals surface area contributed by atoms with Gasteiger partial charge in [-0.2, -0.15) is 0 Å². The van der Waals surface area contributed by atoms with Gasteiger partial charge in [-0.25, -0.2) is 14.8 Å². The molecule has 1 unspecified atom stereocenters. The van der Waals surface area contributed by atoms with Crippen LogP contribution in [-0.4, -0.2) is 63.7 Å². The third-order valence-corrected chi connectivity index (χ3v) is 7.68. The zero-order chi connectivity index (χ0) is 24.8. The molecule has 1 aliphatic carbocycles. The number of hydrogen-bond donors (Lipinski definition) is 1. The second-order valence-corrected chi connectivity index (χ2v) is 10.1. The van der Waals surface area contributed by atoms with Crippen molar-refractivity contribution in [2.75, 3.05) is 32.1 Å². The summed E-state index contributed by atoms with van der Waals surface area (Å²) >= 11 is 0. The van der Waals surface area contributed by atoms with E-state index >= 15 is 0 Å². The first-order valence-corrected chi connectivity index (χ1v) is 12.6. The van der Waals surface area contributed by atoms with Gasteiger partial charge in [0.15, 0.2) is 5.69 Å². The van der Waals surface area contributed by atoms with Gasteiger partial charge in [-0.05, 0) is 62.0 Å². The van der Waals surface area contributed by atoms with E-state index in [0.29, 0.717) is 24.6 Å². The maximum Gasteiger partial charge on any atom is 0.211 e. The van der Waals surface area contributed by atoms with Crippen molar-refractivity contribution in [2.24, 2.45) is 0 Å². The number of imidazole rings is 1. The Bertz CT molecular complexity index is 1460. The largest absolute Gasteiger partial charge is 0.392 e. The van der Waals surface area contributed by atoms with Crippen LogP contribution >= 0.6 is 0 Å². The van der Waals surface area contributed by atoms with Crippen molar-refractivity contribution in [1.29, 1.82) is 0 Å². The van der Waals surface area contributed by atoms with Crippen LogP contribution < -0.4 is 4.90 Å². The monoisotopic (exact) mass is 478 g/mol. The smallest absolute Gasteiger partial charge is 0.211 e. The maximum absolute atomic E-state index is 10.2. The minimum absolute atomic E-state index is 0.312. The highest BCUT2D eigenvalue weighted by Crippen LogP contribution is 2.39. The lowest BCUT2D eigenvalue weighted by Crippen LogP contribution is -2.43. The van der Waals surface area contributed by atoms with Gasteiger partial charge in [-0.15, -0.1) is 0 Å². The number of fused-ring (bicyclic) bond motifs is 2. The Hall–Kier alpha value is -3.73. The Labute approximate surface area is 211 Å². The summed E-state index contributed by atoms with van der Waals surface area (Å²) in [5.41, 5.74) is 7.75. The third kappa shape index (κ3) is 3.93. The highest BCUT2D eigenvalue weighted by molar-refractivity contribution is 5.91. The first-order valence-electron chi connectivity index (χ1n) is 12.6. The Balaban J connectivity index is 1.52. The van der Waals surface area contributed by atoms with E-state index in [1.165, 1.54) is 11.1 Å². The summed E-state index contributed by atoms with van der Waals surface area (Å²) in [5.74, 6) is 0.907. The average Bonchev–Trinajstić information content (AvgIpc) is 3.53. The summed E-state index contributed by atoms with van der Waals surface area (Å²) in [6, 6.07) is 14.7. The molecule has 2 aliphatic rings. The number of benzene rings is 2. The molecule has 4 aromatic rings. The summed E-state index contributed by atoms with van der Waals surface area (Å²) in [5, 5.41) is 10.2. The van der Waals surface area contributed by atoms with Gasteiger partial charge in [-0.1, -0.05) is 42.5 Å². The number of aromatic nitrogens is 3. The molecule has 2 aromatic carbocycles. The Morgan fingerprint density at radius 2 is 1.72 bits per heavy atom. The van der Waals surface area contributed by atoms with Gasteiger partial charge < -0.3 is 14.9 Å². The number of hydrogen-bond acceptors (Lipinski definition) is 5. The van der Waals surface area contributed by atoms with E-state index in [1.807, 2.05) is 36.7 Å². The van der Waals surface area contributed by atoms with E-state index in [0.717, 1.165) is 59.9 Å². The number of aliphatic hydroxyl groups excluding tert-OH is 1. The molecule has 0 amide bonds. The molecule has 182 valence electrons. The van der Waals surface area contributed by atoms with E-state index < -0.39 is 0 Å². The van der Waals surface area contributed by atoms with Crippen LogP contribution in [0.2, 0.25) is 0 Å². The summed E-state index contributed by atoms with van der Waals surface area (Å²) in [7, 11) is 4.31. The Kier molecular flexibility index (Phi) is 5.71. The summed E-state index contributed by atoms with van der Waals surface area (Å²) < 4.78 is 2.12. The van der Waals surface area contributed by atoms with Gasteiger partial charge in [0, 0.05) is 31.5 Å². The van der Waals surface area contributed by atoms with Crippen molar-refractivity contribution < 1.29 is 5.11 Å².